The van der Waals surface area contributed by atoms with Gasteiger partial charge in [-0.3, -0.25) is 0 Å². The van der Waals surface area contributed by atoms with E-state index in [1.165, 1.54) is 0 Å². The predicted octanol–water partition coefficient (Wildman–Crippen LogP) is 7.84. The Morgan fingerprint density at radius 1 is 0.327 bits per heavy atom. The summed E-state index contributed by atoms with van der Waals surface area (Å²) < 4.78 is 0. The number of hydrogen-bond donors (Lipinski definition) is 0. The number of anilines is 4. The second-order valence-electron chi connectivity index (χ2n) is 11.7. The fourth-order valence-electron chi connectivity index (χ4n) is 6.16. The molecule has 2 radical (unpaired) electrons. The molecule has 2 aliphatic heterocycles. The molecule has 2 heterocycles. The SMILES string of the molecule is c1ccc(C2=NN(c3ccccc3)C(CC3N(c4ccccc4)[N]C(c4ccccc4)=NN3c3ccccc3)N(c3ccccc3)[N]2)cc1. The Kier molecular flexibility index (Phi) is 8.32. The summed E-state index contributed by atoms with van der Waals surface area (Å²) in [6.45, 7) is 0. The molecule has 6 aromatic carbocycles. The third-order valence-electron chi connectivity index (χ3n) is 8.51. The number of rotatable bonds is 8. The van der Waals surface area contributed by atoms with E-state index in [0.717, 1.165) is 33.9 Å². The average molecular weight is 639 g/mol. The van der Waals surface area contributed by atoms with Gasteiger partial charge < -0.3 is 0 Å². The summed E-state index contributed by atoms with van der Waals surface area (Å²) in [6.07, 6.45) is -0.190. The van der Waals surface area contributed by atoms with Crippen molar-refractivity contribution in [3.05, 3.63) is 193 Å². The fraction of sp³-hybridized carbons (Fsp3) is 0.0732. The van der Waals surface area contributed by atoms with Crippen molar-refractivity contribution in [3.63, 3.8) is 0 Å². The normalized spacial score (nSPS) is 17.5. The summed E-state index contributed by atoms with van der Waals surface area (Å²) in [7, 11) is 0. The molecule has 0 saturated heterocycles. The van der Waals surface area contributed by atoms with Crippen molar-refractivity contribution in [1.29, 1.82) is 0 Å². The minimum atomic E-state index is -0.358. The molecule has 0 spiro atoms. The van der Waals surface area contributed by atoms with Crippen molar-refractivity contribution >= 4 is 34.4 Å². The number of benzene rings is 6. The lowest BCUT2D eigenvalue weighted by molar-refractivity contribution is 0.398. The summed E-state index contributed by atoms with van der Waals surface area (Å²) >= 11 is 0. The van der Waals surface area contributed by atoms with Gasteiger partial charge in [0.1, 0.15) is 12.3 Å². The summed E-state index contributed by atoms with van der Waals surface area (Å²) in [4.78, 5) is 0. The minimum absolute atomic E-state index is 0.358. The first-order valence-corrected chi connectivity index (χ1v) is 16.4. The Bertz CT molecular complexity index is 1860. The molecule has 0 N–H and O–H groups in total. The Morgan fingerprint density at radius 2 is 0.592 bits per heavy atom. The zero-order valence-corrected chi connectivity index (χ0v) is 26.8. The van der Waals surface area contributed by atoms with Crippen LogP contribution in [0.15, 0.2) is 192 Å². The molecule has 0 fully saturated rings. The highest BCUT2D eigenvalue weighted by molar-refractivity contribution is 6.01. The predicted molar refractivity (Wildman–Crippen MR) is 198 cm³/mol. The molecular formula is C41H34N8. The summed E-state index contributed by atoms with van der Waals surface area (Å²) in [5.41, 5.74) is 16.2. The Labute approximate surface area is 286 Å². The van der Waals surface area contributed by atoms with Gasteiger partial charge in [-0.05, 0) is 48.5 Å². The van der Waals surface area contributed by atoms with E-state index in [9.17, 15) is 0 Å². The standard InChI is InChI=1S/C41H34N8/c1-7-19-32(20-8-1)40-42-46(34-23-11-3-12-24-34)38(47(43-40)35-25-13-4-14-26-35)31-39-48(36-27-15-5-16-28-36)44-41(33-21-9-2-10-22-33)45-49(39)37-29-17-6-18-30-37/h1-30,38-39H,31H2. The van der Waals surface area contributed by atoms with Crippen LogP contribution in [0.25, 0.3) is 0 Å². The van der Waals surface area contributed by atoms with Gasteiger partial charge in [-0.25, -0.2) is 20.0 Å². The van der Waals surface area contributed by atoms with Crippen LogP contribution in [0.2, 0.25) is 0 Å². The van der Waals surface area contributed by atoms with Gasteiger partial charge in [0, 0.05) is 17.5 Å². The maximum atomic E-state index is 5.24. The van der Waals surface area contributed by atoms with Crippen LogP contribution in [-0.2, 0) is 0 Å². The molecule has 2 aliphatic rings. The topological polar surface area (TPSA) is 65.9 Å². The molecule has 8 rings (SSSR count). The van der Waals surface area contributed by atoms with Gasteiger partial charge in [-0.2, -0.15) is 0 Å². The molecule has 8 heteroatoms. The Morgan fingerprint density at radius 3 is 0.898 bits per heavy atom. The lowest BCUT2D eigenvalue weighted by Crippen LogP contribution is -2.63. The fourth-order valence-corrected chi connectivity index (χ4v) is 6.16. The lowest BCUT2D eigenvalue weighted by Gasteiger charge is -2.47. The van der Waals surface area contributed by atoms with Gasteiger partial charge in [0.05, 0.1) is 22.7 Å². The average Bonchev–Trinajstić information content (AvgIpc) is 3.20. The molecule has 0 amide bonds. The maximum Gasteiger partial charge on any atom is 0.199 e. The third-order valence-corrected chi connectivity index (χ3v) is 8.51. The van der Waals surface area contributed by atoms with Gasteiger partial charge in [0.15, 0.2) is 11.7 Å². The van der Waals surface area contributed by atoms with Crippen LogP contribution in [0.5, 0.6) is 0 Å². The minimum Gasteiger partial charge on any atom is -0.238 e. The van der Waals surface area contributed by atoms with E-state index in [1.54, 1.807) is 0 Å². The van der Waals surface area contributed by atoms with E-state index in [-0.39, 0.29) is 12.3 Å². The molecule has 8 nitrogen and oxygen atoms in total. The van der Waals surface area contributed by atoms with Gasteiger partial charge in [-0.1, -0.05) is 133 Å². The lowest BCUT2D eigenvalue weighted by atomic mass is 10.1. The van der Waals surface area contributed by atoms with Gasteiger partial charge >= 0.3 is 0 Å². The maximum absolute atomic E-state index is 5.24. The quantitative estimate of drug-likeness (QED) is 0.170. The van der Waals surface area contributed by atoms with Crippen LogP contribution in [0.1, 0.15) is 17.5 Å². The van der Waals surface area contributed by atoms with E-state index in [1.807, 2.05) is 133 Å². The largest absolute Gasteiger partial charge is 0.238 e. The van der Waals surface area contributed by atoms with E-state index in [0.29, 0.717) is 18.1 Å². The van der Waals surface area contributed by atoms with Crippen molar-refractivity contribution < 1.29 is 0 Å². The van der Waals surface area contributed by atoms with Crippen LogP contribution in [0.4, 0.5) is 22.7 Å². The molecule has 6 aromatic rings. The zero-order chi connectivity index (χ0) is 32.8. The zero-order valence-electron chi connectivity index (χ0n) is 26.8. The third kappa shape index (κ3) is 6.27. The summed E-state index contributed by atoms with van der Waals surface area (Å²) in [6, 6.07) is 61.4. The number of hydrogen-bond acceptors (Lipinski definition) is 6. The van der Waals surface area contributed by atoms with E-state index >= 15 is 0 Å². The van der Waals surface area contributed by atoms with E-state index in [4.69, 9.17) is 21.1 Å². The molecular weight excluding hydrogens is 605 g/mol. The van der Waals surface area contributed by atoms with Crippen LogP contribution >= 0.6 is 0 Å². The van der Waals surface area contributed by atoms with Gasteiger partial charge in [0.25, 0.3) is 0 Å². The van der Waals surface area contributed by atoms with Crippen LogP contribution < -0.4 is 30.9 Å². The molecule has 2 atom stereocenters. The molecule has 49 heavy (non-hydrogen) atoms. The molecule has 0 aromatic heterocycles. The van der Waals surface area contributed by atoms with Gasteiger partial charge in [0.2, 0.25) is 0 Å². The van der Waals surface area contributed by atoms with Crippen molar-refractivity contribution in [3.8, 4) is 0 Å². The highest BCUT2D eigenvalue weighted by Gasteiger charge is 2.42. The smallest absolute Gasteiger partial charge is 0.199 e. The van der Waals surface area contributed by atoms with Crippen molar-refractivity contribution in [1.82, 2.24) is 10.9 Å². The number of amidine groups is 2. The van der Waals surface area contributed by atoms with Crippen LogP contribution in [0.3, 0.4) is 0 Å². The monoisotopic (exact) mass is 638 g/mol. The second-order valence-corrected chi connectivity index (χ2v) is 11.7. The first-order valence-electron chi connectivity index (χ1n) is 16.4. The Hall–Kier alpha value is -6.54. The van der Waals surface area contributed by atoms with E-state index in [2.05, 4.69) is 68.6 Å². The number of hydrazone groups is 2. The van der Waals surface area contributed by atoms with E-state index < -0.39 is 0 Å². The number of para-hydroxylation sites is 4. The molecule has 238 valence electrons. The van der Waals surface area contributed by atoms with Crippen LogP contribution in [0, 0.1) is 0 Å². The highest BCUT2D eigenvalue weighted by atomic mass is 15.7. The first-order chi connectivity index (χ1) is 24.3. The molecule has 2 unspecified atom stereocenters. The van der Waals surface area contributed by atoms with Crippen molar-refractivity contribution in [2.24, 2.45) is 10.2 Å². The van der Waals surface area contributed by atoms with Crippen LogP contribution in [-0.4, -0.2) is 24.0 Å². The first kappa shape index (κ1) is 29.8. The van der Waals surface area contributed by atoms with Crippen molar-refractivity contribution in [2.75, 3.05) is 20.0 Å². The number of nitrogens with zero attached hydrogens (tertiary/aromatic N) is 8. The molecule has 0 aliphatic carbocycles. The molecule has 0 saturated carbocycles. The summed E-state index contributed by atoms with van der Waals surface area (Å²) in [5.74, 6) is 1.25. The highest BCUT2D eigenvalue weighted by Crippen LogP contribution is 2.35. The summed E-state index contributed by atoms with van der Waals surface area (Å²) in [5, 5.41) is 18.8. The molecule has 0 bridgehead atoms. The van der Waals surface area contributed by atoms with Crippen molar-refractivity contribution in [2.45, 2.75) is 18.8 Å². The Balaban J connectivity index is 1.30. The second kappa shape index (κ2) is 13.7. The van der Waals surface area contributed by atoms with Gasteiger partial charge in [-0.15, -0.1) is 21.1 Å².